The molecule has 0 aliphatic heterocycles. The quantitative estimate of drug-likeness (QED) is 0.487. The summed E-state index contributed by atoms with van der Waals surface area (Å²) in [5, 5.41) is 18.4. The first-order chi connectivity index (χ1) is 6.70. The molecular formula is C11H21LiO4. The van der Waals surface area contributed by atoms with Crippen molar-refractivity contribution < 1.29 is 40.1 Å². The van der Waals surface area contributed by atoms with Crippen LogP contribution in [0.5, 0.6) is 0 Å². The zero-order chi connectivity index (χ0) is 12.3. The molecule has 0 aromatic carbocycles. The van der Waals surface area contributed by atoms with Gasteiger partial charge < -0.3 is 11.6 Å². The molecule has 90 valence electrons. The summed E-state index contributed by atoms with van der Waals surface area (Å²) >= 11 is 0. The van der Waals surface area contributed by atoms with Crippen LogP contribution in [0.2, 0.25) is 0 Å². The van der Waals surface area contributed by atoms with Gasteiger partial charge in [0.15, 0.2) is 5.41 Å². The number of carbonyl (C=O) groups is 2. The molecule has 0 heterocycles. The Balaban J connectivity index is -0.000000980. The number of carboxylic acids is 2. The third-order valence-corrected chi connectivity index (χ3v) is 2.92. The fourth-order valence-electron chi connectivity index (χ4n) is 1.76. The first kappa shape index (κ1) is 17.9. The van der Waals surface area contributed by atoms with Crippen LogP contribution in [0, 0.1) is 10.8 Å². The molecule has 0 spiro atoms. The third-order valence-electron chi connectivity index (χ3n) is 2.92. The Hall–Kier alpha value is -0.463. The van der Waals surface area contributed by atoms with Gasteiger partial charge in [-0.3, -0.25) is 9.59 Å². The van der Waals surface area contributed by atoms with Gasteiger partial charge in [-0.15, -0.1) is 0 Å². The van der Waals surface area contributed by atoms with Gasteiger partial charge in [0, 0.05) is 0 Å². The Morgan fingerprint density at radius 1 is 1.12 bits per heavy atom. The van der Waals surface area contributed by atoms with E-state index in [0.29, 0.717) is 6.42 Å². The van der Waals surface area contributed by atoms with E-state index in [0.717, 1.165) is 6.42 Å². The zero-order valence-corrected chi connectivity index (χ0v) is 10.8. The van der Waals surface area contributed by atoms with Crippen LogP contribution in [-0.2, 0) is 9.59 Å². The summed E-state index contributed by atoms with van der Waals surface area (Å²) in [6.07, 6.45) is 1.58. The van der Waals surface area contributed by atoms with E-state index in [1.165, 1.54) is 0 Å². The van der Waals surface area contributed by atoms with E-state index >= 15 is 0 Å². The van der Waals surface area contributed by atoms with E-state index < -0.39 is 22.8 Å². The number of hydrogen-bond donors (Lipinski definition) is 2. The van der Waals surface area contributed by atoms with E-state index in [1.807, 2.05) is 6.92 Å². The normalized spacial score (nSPS) is 11.8. The predicted octanol–water partition coefficient (Wildman–Crippen LogP) is -0.505. The minimum Gasteiger partial charge on any atom is -1.00 e. The van der Waals surface area contributed by atoms with Crippen LogP contribution in [0.15, 0.2) is 0 Å². The Morgan fingerprint density at radius 3 is 1.69 bits per heavy atom. The van der Waals surface area contributed by atoms with Crippen LogP contribution in [0.1, 0.15) is 48.4 Å². The van der Waals surface area contributed by atoms with E-state index in [2.05, 4.69) is 0 Å². The molecule has 0 atom stereocenters. The van der Waals surface area contributed by atoms with E-state index in [1.54, 1.807) is 20.8 Å². The summed E-state index contributed by atoms with van der Waals surface area (Å²) in [5.41, 5.74) is -2.47. The molecule has 0 radical (unpaired) electrons. The topological polar surface area (TPSA) is 74.6 Å². The van der Waals surface area contributed by atoms with Crippen LogP contribution >= 0.6 is 0 Å². The van der Waals surface area contributed by atoms with Gasteiger partial charge in [0.1, 0.15) is 0 Å². The zero-order valence-electron chi connectivity index (χ0n) is 11.8. The number of carboxylic acid groups (broad SMARTS) is 2. The average molecular weight is 224 g/mol. The van der Waals surface area contributed by atoms with Gasteiger partial charge in [-0.25, -0.2) is 0 Å². The fourth-order valence-corrected chi connectivity index (χ4v) is 1.76. The van der Waals surface area contributed by atoms with Crippen LogP contribution in [0.3, 0.4) is 0 Å². The van der Waals surface area contributed by atoms with Crippen molar-refractivity contribution in [2.75, 3.05) is 0 Å². The SMILES string of the molecule is CCCCC(C(=O)O)(C(=O)O)C(C)(C)C.[H-].[Li+]. The van der Waals surface area contributed by atoms with Gasteiger partial charge in [-0.05, 0) is 11.8 Å². The first-order valence-electron chi connectivity index (χ1n) is 5.17. The van der Waals surface area contributed by atoms with Crippen molar-refractivity contribution in [3.05, 3.63) is 0 Å². The van der Waals surface area contributed by atoms with Gasteiger partial charge >= 0.3 is 30.8 Å². The van der Waals surface area contributed by atoms with Gasteiger partial charge in [0.2, 0.25) is 0 Å². The average Bonchev–Trinajstić information content (AvgIpc) is 2.01. The molecule has 4 nitrogen and oxygen atoms in total. The summed E-state index contributed by atoms with van der Waals surface area (Å²) in [4.78, 5) is 22.5. The number of unbranched alkanes of at least 4 members (excludes halogenated alkanes) is 1. The van der Waals surface area contributed by atoms with E-state index in [-0.39, 0.29) is 26.7 Å². The second kappa shape index (κ2) is 6.32. The van der Waals surface area contributed by atoms with Crippen LogP contribution in [0.4, 0.5) is 0 Å². The molecule has 0 fully saturated rings. The minimum absolute atomic E-state index is 0. The van der Waals surface area contributed by atoms with Gasteiger partial charge in [0.25, 0.3) is 0 Å². The Bertz CT molecular complexity index is 247. The molecule has 0 amide bonds. The van der Waals surface area contributed by atoms with Crippen molar-refractivity contribution in [2.24, 2.45) is 10.8 Å². The molecule has 0 rings (SSSR count). The summed E-state index contributed by atoms with van der Waals surface area (Å²) in [7, 11) is 0. The van der Waals surface area contributed by atoms with Gasteiger partial charge in [-0.2, -0.15) is 0 Å². The summed E-state index contributed by atoms with van der Waals surface area (Å²) in [6.45, 7) is 6.89. The molecular weight excluding hydrogens is 203 g/mol. The van der Waals surface area contributed by atoms with Crippen molar-refractivity contribution in [3.63, 3.8) is 0 Å². The summed E-state index contributed by atoms with van der Waals surface area (Å²) in [6, 6.07) is 0. The third kappa shape index (κ3) is 3.26. The van der Waals surface area contributed by atoms with Crippen LogP contribution in [-0.4, -0.2) is 22.2 Å². The molecule has 0 saturated heterocycles. The maximum atomic E-state index is 11.2. The molecule has 0 bridgehead atoms. The number of aliphatic carboxylic acids is 2. The molecule has 0 saturated carbocycles. The first-order valence-corrected chi connectivity index (χ1v) is 5.17. The minimum atomic E-state index is -1.68. The van der Waals surface area contributed by atoms with Crippen molar-refractivity contribution in [2.45, 2.75) is 47.0 Å². The van der Waals surface area contributed by atoms with Crippen molar-refractivity contribution >= 4 is 11.9 Å². The Morgan fingerprint density at radius 2 is 1.50 bits per heavy atom. The van der Waals surface area contributed by atoms with Crippen molar-refractivity contribution in [1.29, 1.82) is 0 Å². The number of rotatable bonds is 5. The van der Waals surface area contributed by atoms with Crippen LogP contribution < -0.4 is 18.9 Å². The fraction of sp³-hybridized carbons (Fsp3) is 0.818. The van der Waals surface area contributed by atoms with Gasteiger partial charge in [0.05, 0.1) is 0 Å². The largest absolute Gasteiger partial charge is 1.00 e. The van der Waals surface area contributed by atoms with E-state index in [4.69, 9.17) is 0 Å². The van der Waals surface area contributed by atoms with Crippen LogP contribution in [0.25, 0.3) is 0 Å². The molecule has 16 heavy (non-hydrogen) atoms. The van der Waals surface area contributed by atoms with E-state index in [9.17, 15) is 19.8 Å². The summed E-state index contributed by atoms with van der Waals surface area (Å²) in [5.74, 6) is -2.48. The van der Waals surface area contributed by atoms with Crippen molar-refractivity contribution in [3.8, 4) is 0 Å². The second-order valence-electron chi connectivity index (χ2n) is 4.87. The monoisotopic (exact) mass is 224 g/mol. The second-order valence-corrected chi connectivity index (χ2v) is 4.87. The molecule has 0 aromatic heterocycles. The number of hydrogen-bond acceptors (Lipinski definition) is 2. The maximum Gasteiger partial charge on any atom is 1.00 e. The summed E-state index contributed by atoms with van der Waals surface area (Å²) < 4.78 is 0. The van der Waals surface area contributed by atoms with Gasteiger partial charge in [-0.1, -0.05) is 40.5 Å². The predicted molar refractivity (Wildman–Crippen MR) is 57.8 cm³/mol. The maximum absolute atomic E-state index is 11.2. The smallest absolute Gasteiger partial charge is 1.00 e. The molecule has 2 N–H and O–H groups in total. The molecule has 0 unspecified atom stereocenters. The standard InChI is InChI=1S/C11H20O4.Li.H/c1-5-6-7-11(8(12)13,9(14)15)10(2,3)4;;/h5-7H2,1-4H3,(H,12,13)(H,14,15);;/q;+1;-1. The van der Waals surface area contributed by atoms with Crippen molar-refractivity contribution in [1.82, 2.24) is 0 Å². The molecule has 0 aliphatic carbocycles. The Kier molecular flexibility index (Phi) is 7.07. The molecule has 0 aromatic rings. The molecule has 5 heteroatoms. The molecule has 0 aliphatic rings. The Labute approximate surface area is 110 Å².